The molecule has 1 fully saturated rings. The average molecular weight is 582 g/mol. The van der Waals surface area contributed by atoms with Gasteiger partial charge < -0.3 is 19.5 Å². The standard InChI is InChI=1S/C31H24FN5O6/c32-23-25(43-31(40)21-14-8-3-9-15-21)22(16-41-30(39)20-12-6-2-7-13-20)42-29(23)37-18-35-24-26(33-17-34-27(24)37)36-28(38)19-10-4-1-5-11-19/h1-15,17-18,22-23,25,29H,16H2,(H,33,34,36,38)/t22?,23?,25-,29?/m1/s1. The largest absolute Gasteiger partial charge is 0.459 e. The van der Waals surface area contributed by atoms with E-state index in [9.17, 15) is 14.4 Å². The second-order valence-electron chi connectivity index (χ2n) is 9.58. The fraction of sp³-hybridized carbons (Fsp3) is 0.161. The van der Waals surface area contributed by atoms with Gasteiger partial charge in [-0.1, -0.05) is 54.6 Å². The molecule has 1 aliphatic rings. The van der Waals surface area contributed by atoms with Crippen molar-refractivity contribution in [1.82, 2.24) is 19.5 Å². The highest BCUT2D eigenvalue weighted by Gasteiger charge is 2.50. The summed E-state index contributed by atoms with van der Waals surface area (Å²) >= 11 is 0. The average Bonchev–Trinajstić information content (AvgIpc) is 3.62. The summed E-state index contributed by atoms with van der Waals surface area (Å²) in [5.41, 5.74) is 1.29. The number of amides is 1. The number of fused-ring (bicyclic) bond motifs is 1. The van der Waals surface area contributed by atoms with E-state index in [-0.39, 0.29) is 22.5 Å². The second-order valence-corrected chi connectivity index (χ2v) is 9.58. The number of anilines is 1. The highest BCUT2D eigenvalue weighted by Crippen LogP contribution is 2.36. The maximum Gasteiger partial charge on any atom is 0.338 e. The summed E-state index contributed by atoms with van der Waals surface area (Å²) in [5, 5.41) is 2.70. The van der Waals surface area contributed by atoms with E-state index in [1.54, 1.807) is 91.0 Å². The van der Waals surface area contributed by atoms with Crippen molar-refractivity contribution in [2.24, 2.45) is 0 Å². The SMILES string of the molecule is O=C(Nc1ncnc2c1ncn2C1OC(COC(=O)c2ccccc2)[C@@H](OC(=O)c2ccccc2)C1F)c1ccccc1. The van der Waals surface area contributed by atoms with Gasteiger partial charge in [-0.2, -0.15) is 0 Å². The summed E-state index contributed by atoms with van der Waals surface area (Å²) in [6.45, 7) is -0.391. The summed E-state index contributed by atoms with van der Waals surface area (Å²) < 4.78 is 34.5. The number of halogens is 1. The van der Waals surface area contributed by atoms with Crippen LogP contribution in [0.15, 0.2) is 104 Å². The zero-order valence-electron chi connectivity index (χ0n) is 22.4. The van der Waals surface area contributed by atoms with Crippen molar-refractivity contribution in [2.45, 2.75) is 24.6 Å². The molecule has 4 atom stereocenters. The van der Waals surface area contributed by atoms with E-state index in [4.69, 9.17) is 14.2 Å². The van der Waals surface area contributed by atoms with E-state index in [0.717, 1.165) is 0 Å². The van der Waals surface area contributed by atoms with Gasteiger partial charge in [-0.25, -0.2) is 28.9 Å². The highest BCUT2D eigenvalue weighted by atomic mass is 19.1. The quantitative estimate of drug-likeness (QED) is 0.265. The first kappa shape index (κ1) is 27.7. The van der Waals surface area contributed by atoms with Crippen molar-refractivity contribution in [1.29, 1.82) is 0 Å². The van der Waals surface area contributed by atoms with Gasteiger partial charge in [-0.3, -0.25) is 9.36 Å². The lowest BCUT2D eigenvalue weighted by Gasteiger charge is -2.19. The molecule has 1 saturated heterocycles. The molecule has 216 valence electrons. The maximum absolute atomic E-state index is 16.1. The monoisotopic (exact) mass is 581 g/mol. The molecule has 3 heterocycles. The van der Waals surface area contributed by atoms with Crippen LogP contribution in [-0.4, -0.2) is 62.4 Å². The Morgan fingerprint density at radius 1 is 0.814 bits per heavy atom. The lowest BCUT2D eigenvalue weighted by Crippen LogP contribution is -2.37. The molecule has 12 heteroatoms. The highest BCUT2D eigenvalue weighted by molar-refractivity contribution is 6.06. The minimum absolute atomic E-state index is 0.117. The Kier molecular flexibility index (Phi) is 7.83. The number of esters is 2. The first-order chi connectivity index (χ1) is 21.0. The lowest BCUT2D eigenvalue weighted by atomic mass is 10.1. The summed E-state index contributed by atoms with van der Waals surface area (Å²) in [4.78, 5) is 50.9. The number of alkyl halides is 1. The third kappa shape index (κ3) is 5.81. The predicted molar refractivity (Wildman–Crippen MR) is 151 cm³/mol. The van der Waals surface area contributed by atoms with Crippen molar-refractivity contribution in [2.75, 3.05) is 11.9 Å². The molecule has 1 amide bonds. The fourth-order valence-corrected chi connectivity index (χ4v) is 4.67. The van der Waals surface area contributed by atoms with Gasteiger partial charge >= 0.3 is 11.9 Å². The zero-order valence-corrected chi connectivity index (χ0v) is 22.4. The number of imidazole rings is 1. The molecule has 0 spiro atoms. The van der Waals surface area contributed by atoms with Crippen molar-refractivity contribution in [3.05, 3.63) is 120 Å². The van der Waals surface area contributed by atoms with Crippen LogP contribution in [0.2, 0.25) is 0 Å². The van der Waals surface area contributed by atoms with E-state index < -0.39 is 49.1 Å². The van der Waals surface area contributed by atoms with Gasteiger partial charge in [0, 0.05) is 5.56 Å². The molecule has 5 aromatic rings. The molecule has 2 aromatic heterocycles. The summed E-state index contributed by atoms with van der Waals surface area (Å²) in [6.07, 6.45) is -3.34. The van der Waals surface area contributed by atoms with Gasteiger partial charge in [0.1, 0.15) is 19.0 Å². The van der Waals surface area contributed by atoms with E-state index in [1.165, 1.54) is 17.2 Å². The Bertz CT molecular complexity index is 1750. The van der Waals surface area contributed by atoms with E-state index in [0.29, 0.717) is 11.1 Å². The smallest absolute Gasteiger partial charge is 0.338 e. The predicted octanol–water partition coefficient (Wildman–Crippen LogP) is 4.40. The van der Waals surface area contributed by atoms with Crippen molar-refractivity contribution < 1.29 is 33.0 Å². The Balaban J connectivity index is 1.26. The van der Waals surface area contributed by atoms with Gasteiger partial charge in [0.2, 0.25) is 0 Å². The molecule has 0 bridgehead atoms. The molecule has 6 rings (SSSR count). The third-order valence-electron chi connectivity index (χ3n) is 6.81. The molecule has 3 aromatic carbocycles. The number of nitrogens with zero attached hydrogens (tertiary/aromatic N) is 4. The van der Waals surface area contributed by atoms with Crippen molar-refractivity contribution >= 4 is 34.8 Å². The number of ether oxygens (including phenoxy) is 3. The van der Waals surface area contributed by atoms with Crippen LogP contribution in [0.4, 0.5) is 10.2 Å². The molecular formula is C31H24FN5O6. The minimum atomic E-state index is -1.90. The lowest BCUT2D eigenvalue weighted by molar-refractivity contribution is -0.0570. The number of aromatic nitrogens is 4. The summed E-state index contributed by atoms with van der Waals surface area (Å²) in [7, 11) is 0. The van der Waals surface area contributed by atoms with E-state index in [2.05, 4.69) is 20.3 Å². The van der Waals surface area contributed by atoms with Crippen LogP contribution in [-0.2, 0) is 14.2 Å². The topological polar surface area (TPSA) is 135 Å². The third-order valence-corrected chi connectivity index (χ3v) is 6.81. The van der Waals surface area contributed by atoms with Gasteiger partial charge in [-0.15, -0.1) is 0 Å². The molecule has 3 unspecified atom stereocenters. The Labute approximate surface area is 244 Å². The maximum atomic E-state index is 16.1. The molecule has 11 nitrogen and oxygen atoms in total. The molecule has 43 heavy (non-hydrogen) atoms. The van der Waals surface area contributed by atoms with Crippen LogP contribution in [0.3, 0.4) is 0 Å². The van der Waals surface area contributed by atoms with Crippen LogP contribution in [0.5, 0.6) is 0 Å². The van der Waals surface area contributed by atoms with Crippen LogP contribution < -0.4 is 5.32 Å². The first-order valence-corrected chi connectivity index (χ1v) is 13.3. The number of benzene rings is 3. The molecule has 1 N–H and O–H groups in total. The fourth-order valence-electron chi connectivity index (χ4n) is 4.67. The van der Waals surface area contributed by atoms with Gasteiger partial charge in [0.15, 0.2) is 35.5 Å². The van der Waals surface area contributed by atoms with Crippen LogP contribution in [0.1, 0.15) is 37.3 Å². The molecule has 0 saturated carbocycles. The van der Waals surface area contributed by atoms with Gasteiger partial charge in [0.25, 0.3) is 5.91 Å². The zero-order chi connectivity index (χ0) is 29.8. The van der Waals surface area contributed by atoms with Gasteiger partial charge in [0.05, 0.1) is 17.5 Å². The Hall–Kier alpha value is -5.49. The number of rotatable bonds is 8. The van der Waals surface area contributed by atoms with Gasteiger partial charge in [-0.05, 0) is 36.4 Å². The number of carbonyl (C=O) groups is 3. The van der Waals surface area contributed by atoms with E-state index >= 15 is 4.39 Å². The summed E-state index contributed by atoms with van der Waals surface area (Å²) in [5.74, 6) is -1.70. The minimum Gasteiger partial charge on any atom is -0.459 e. The van der Waals surface area contributed by atoms with Crippen LogP contribution in [0, 0.1) is 0 Å². The summed E-state index contributed by atoms with van der Waals surface area (Å²) in [6, 6.07) is 24.9. The van der Waals surface area contributed by atoms with Crippen LogP contribution in [0.25, 0.3) is 11.2 Å². The number of hydrogen-bond donors (Lipinski definition) is 1. The van der Waals surface area contributed by atoms with Crippen LogP contribution >= 0.6 is 0 Å². The Morgan fingerprint density at radius 3 is 2.07 bits per heavy atom. The normalized spacial score (nSPS) is 19.6. The molecular weight excluding hydrogens is 557 g/mol. The molecule has 1 aliphatic heterocycles. The molecule has 0 radical (unpaired) electrons. The van der Waals surface area contributed by atoms with E-state index in [1.807, 2.05) is 0 Å². The van der Waals surface area contributed by atoms with Crippen molar-refractivity contribution in [3.63, 3.8) is 0 Å². The Morgan fingerprint density at radius 2 is 1.42 bits per heavy atom. The van der Waals surface area contributed by atoms with Crippen molar-refractivity contribution in [3.8, 4) is 0 Å². The number of carbonyl (C=O) groups excluding carboxylic acids is 3. The molecule has 0 aliphatic carbocycles. The number of hydrogen-bond acceptors (Lipinski definition) is 9. The first-order valence-electron chi connectivity index (χ1n) is 13.3. The second kappa shape index (κ2) is 12.2. The number of nitrogens with one attached hydrogen (secondary N) is 1.